The Morgan fingerprint density at radius 2 is 2.35 bits per heavy atom. The summed E-state index contributed by atoms with van der Waals surface area (Å²) in [5.74, 6) is -0.236. The molecule has 3 nitrogen and oxygen atoms in total. The predicted molar refractivity (Wildman–Crippen MR) is 65.4 cm³/mol. The van der Waals surface area contributed by atoms with E-state index in [1.807, 2.05) is 6.92 Å². The molecule has 0 amide bonds. The quantitative estimate of drug-likeness (QED) is 0.879. The smallest absolute Gasteiger partial charge is 0.123 e. The van der Waals surface area contributed by atoms with Crippen LogP contribution < -0.4 is 5.32 Å². The van der Waals surface area contributed by atoms with Crippen LogP contribution in [0.15, 0.2) is 29.9 Å². The summed E-state index contributed by atoms with van der Waals surface area (Å²) in [6.45, 7) is 2.54. The van der Waals surface area contributed by atoms with Crippen molar-refractivity contribution < 1.29 is 9.50 Å². The van der Waals surface area contributed by atoms with Gasteiger partial charge in [-0.1, -0.05) is 0 Å². The fourth-order valence-electron chi connectivity index (χ4n) is 1.57. The summed E-state index contributed by atoms with van der Waals surface area (Å²) < 4.78 is 13.1. The lowest BCUT2D eigenvalue weighted by atomic mass is 10.1. The van der Waals surface area contributed by atoms with E-state index in [4.69, 9.17) is 0 Å². The van der Waals surface area contributed by atoms with Crippen molar-refractivity contribution in [3.8, 4) is 5.75 Å². The van der Waals surface area contributed by atoms with Crippen LogP contribution in [0, 0.1) is 5.82 Å². The molecular formula is C12H13FN2OS. The molecule has 0 saturated heterocycles. The number of thiazole rings is 1. The zero-order chi connectivity index (χ0) is 12.3. The van der Waals surface area contributed by atoms with Crippen LogP contribution in [0.25, 0.3) is 0 Å². The van der Waals surface area contributed by atoms with Gasteiger partial charge in [-0.2, -0.15) is 0 Å². The summed E-state index contributed by atoms with van der Waals surface area (Å²) >= 11 is 1.56. The number of phenols is 1. The van der Waals surface area contributed by atoms with Crippen molar-refractivity contribution >= 4 is 11.3 Å². The number of nitrogens with one attached hydrogen (secondary N) is 1. The molecule has 17 heavy (non-hydrogen) atoms. The van der Waals surface area contributed by atoms with Gasteiger partial charge in [0.05, 0.1) is 5.51 Å². The molecule has 0 bridgehead atoms. The second-order valence-electron chi connectivity index (χ2n) is 3.77. The maximum atomic E-state index is 13.1. The summed E-state index contributed by atoms with van der Waals surface area (Å²) in [5.41, 5.74) is 2.33. The molecule has 2 N–H and O–H groups in total. The molecule has 2 aromatic rings. The minimum Gasteiger partial charge on any atom is -0.508 e. The van der Waals surface area contributed by atoms with E-state index in [-0.39, 0.29) is 17.6 Å². The van der Waals surface area contributed by atoms with Gasteiger partial charge in [-0.25, -0.2) is 4.39 Å². The Hall–Kier alpha value is -1.46. The van der Waals surface area contributed by atoms with Crippen molar-refractivity contribution in [2.45, 2.75) is 19.5 Å². The number of nitrogens with zero attached hydrogens (tertiary/aromatic N) is 1. The molecule has 1 aromatic heterocycles. The van der Waals surface area contributed by atoms with E-state index >= 15 is 0 Å². The average Bonchev–Trinajstić information content (AvgIpc) is 2.82. The highest BCUT2D eigenvalue weighted by Gasteiger charge is 2.11. The molecular weight excluding hydrogens is 239 g/mol. The second kappa shape index (κ2) is 5.25. The number of benzene rings is 1. The van der Waals surface area contributed by atoms with Gasteiger partial charge in [-0.15, -0.1) is 11.3 Å². The number of rotatable bonds is 4. The number of aromatic hydroxyl groups is 1. The van der Waals surface area contributed by atoms with Gasteiger partial charge in [-0.3, -0.25) is 4.98 Å². The highest BCUT2D eigenvalue weighted by atomic mass is 32.1. The molecule has 1 heterocycles. The van der Waals surface area contributed by atoms with Crippen LogP contribution in [-0.2, 0) is 6.54 Å². The summed E-state index contributed by atoms with van der Waals surface area (Å²) in [5, 5.41) is 12.9. The van der Waals surface area contributed by atoms with Crippen LogP contribution in [0.2, 0.25) is 0 Å². The van der Waals surface area contributed by atoms with Gasteiger partial charge in [0.2, 0.25) is 0 Å². The third-order valence-corrected chi connectivity index (χ3v) is 3.30. The Morgan fingerprint density at radius 1 is 1.53 bits per heavy atom. The summed E-state index contributed by atoms with van der Waals surface area (Å²) in [4.78, 5) is 5.08. The maximum absolute atomic E-state index is 13.1. The van der Waals surface area contributed by atoms with Gasteiger partial charge in [0.15, 0.2) is 0 Å². The second-order valence-corrected chi connectivity index (χ2v) is 4.74. The molecule has 0 aliphatic heterocycles. The van der Waals surface area contributed by atoms with E-state index in [2.05, 4.69) is 10.3 Å². The summed E-state index contributed by atoms with van der Waals surface area (Å²) in [7, 11) is 0. The maximum Gasteiger partial charge on any atom is 0.123 e. The van der Waals surface area contributed by atoms with E-state index in [1.165, 1.54) is 18.2 Å². The third-order valence-electron chi connectivity index (χ3n) is 2.52. The zero-order valence-electron chi connectivity index (χ0n) is 9.35. The molecule has 5 heteroatoms. The predicted octanol–water partition coefficient (Wildman–Crippen LogP) is 2.84. The largest absolute Gasteiger partial charge is 0.508 e. The van der Waals surface area contributed by atoms with Crippen LogP contribution in [0.5, 0.6) is 5.75 Å². The lowest BCUT2D eigenvalue weighted by Gasteiger charge is -2.14. The van der Waals surface area contributed by atoms with Gasteiger partial charge < -0.3 is 10.4 Å². The van der Waals surface area contributed by atoms with Crippen molar-refractivity contribution in [1.29, 1.82) is 0 Å². The molecule has 1 atom stereocenters. The first-order chi connectivity index (χ1) is 8.16. The third kappa shape index (κ3) is 3.01. The molecule has 90 valence electrons. The summed E-state index contributed by atoms with van der Waals surface area (Å²) in [6.07, 6.45) is 1.79. The molecule has 0 aliphatic carbocycles. The summed E-state index contributed by atoms with van der Waals surface area (Å²) in [6, 6.07) is 3.84. The average molecular weight is 252 g/mol. The van der Waals surface area contributed by atoms with Crippen molar-refractivity contribution in [3.63, 3.8) is 0 Å². The van der Waals surface area contributed by atoms with Crippen LogP contribution in [0.4, 0.5) is 4.39 Å². The molecule has 1 aromatic carbocycles. The van der Waals surface area contributed by atoms with Crippen LogP contribution in [0.3, 0.4) is 0 Å². The number of hydrogen-bond donors (Lipinski definition) is 2. The Morgan fingerprint density at radius 3 is 3.06 bits per heavy atom. The van der Waals surface area contributed by atoms with Crippen LogP contribution >= 0.6 is 11.3 Å². The minimum absolute atomic E-state index is 0.107. The van der Waals surface area contributed by atoms with Gasteiger partial charge in [0.25, 0.3) is 0 Å². The van der Waals surface area contributed by atoms with E-state index in [0.717, 1.165) is 4.88 Å². The van der Waals surface area contributed by atoms with E-state index < -0.39 is 0 Å². The first-order valence-corrected chi connectivity index (χ1v) is 6.14. The SMILES string of the molecule is CC(NCc1cncs1)c1cc(F)ccc1O. The first kappa shape index (κ1) is 12.0. The zero-order valence-corrected chi connectivity index (χ0v) is 10.2. The number of phenolic OH excluding ortho intramolecular Hbond substituents is 1. The van der Waals surface area contributed by atoms with E-state index in [9.17, 15) is 9.50 Å². The van der Waals surface area contributed by atoms with E-state index in [0.29, 0.717) is 12.1 Å². The Labute approximate surface area is 103 Å². The normalized spacial score (nSPS) is 12.6. The van der Waals surface area contributed by atoms with Gasteiger partial charge in [0.1, 0.15) is 11.6 Å². The highest BCUT2D eigenvalue weighted by molar-refractivity contribution is 7.09. The van der Waals surface area contributed by atoms with Gasteiger partial charge in [-0.05, 0) is 25.1 Å². The molecule has 0 aliphatic rings. The minimum atomic E-state index is -0.343. The first-order valence-electron chi connectivity index (χ1n) is 5.26. The van der Waals surface area contributed by atoms with Crippen LogP contribution in [0.1, 0.15) is 23.4 Å². The number of halogens is 1. The topological polar surface area (TPSA) is 45.2 Å². The number of hydrogen-bond acceptors (Lipinski definition) is 4. The molecule has 2 rings (SSSR count). The van der Waals surface area contributed by atoms with Crippen molar-refractivity contribution in [2.24, 2.45) is 0 Å². The Bertz CT molecular complexity index is 487. The lowest BCUT2D eigenvalue weighted by Crippen LogP contribution is -2.17. The van der Waals surface area contributed by atoms with Gasteiger partial charge in [0, 0.05) is 29.2 Å². The Balaban J connectivity index is 2.04. The molecule has 0 spiro atoms. The molecule has 0 saturated carbocycles. The fraction of sp³-hybridized carbons (Fsp3) is 0.250. The van der Waals surface area contributed by atoms with E-state index in [1.54, 1.807) is 23.0 Å². The highest BCUT2D eigenvalue weighted by Crippen LogP contribution is 2.25. The fourth-order valence-corrected chi connectivity index (χ4v) is 2.11. The standard InChI is InChI=1S/C12H13FN2OS/c1-8(15-6-10-5-14-7-17-10)11-4-9(13)2-3-12(11)16/h2-5,7-8,15-16H,6H2,1H3. The van der Waals surface area contributed by atoms with Crippen molar-refractivity contribution in [2.75, 3.05) is 0 Å². The molecule has 0 fully saturated rings. The monoisotopic (exact) mass is 252 g/mol. The molecule has 0 radical (unpaired) electrons. The van der Waals surface area contributed by atoms with Crippen molar-refractivity contribution in [1.82, 2.24) is 10.3 Å². The molecule has 1 unspecified atom stereocenters. The van der Waals surface area contributed by atoms with Gasteiger partial charge >= 0.3 is 0 Å². The number of aromatic nitrogens is 1. The Kier molecular flexibility index (Phi) is 3.71. The lowest BCUT2D eigenvalue weighted by molar-refractivity contribution is 0.449. The van der Waals surface area contributed by atoms with Crippen molar-refractivity contribution in [3.05, 3.63) is 46.2 Å². The van der Waals surface area contributed by atoms with Crippen LogP contribution in [-0.4, -0.2) is 10.1 Å².